The molecule has 0 amide bonds. The Bertz CT molecular complexity index is 333. The van der Waals surface area contributed by atoms with Gasteiger partial charge in [0.2, 0.25) is 0 Å². The van der Waals surface area contributed by atoms with Gasteiger partial charge in [-0.25, -0.2) is 9.97 Å². The molecule has 0 fully saturated rings. The first-order chi connectivity index (χ1) is 7.19. The topological polar surface area (TPSA) is 35.0 Å². The Hall–Kier alpha value is 0.0600. The molecule has 1 heterocycles. The molecule has 0 radical (unpaired) electrons. The van der Waals surface area contributed by atoms with Crippen LogP contribution in [0.3, 0.4) is 0 Å². The van der Waals surface area contributed by atoms with Gasteiger partial charge in [-0.3, -0.25) is 0 Å². The predicted molar refractivity (Wildman–Crippen MR) is 69.1 cm³/mol. The molecule has 0 aliphatic carbocycles. The van der Waals surface area contributed by atoms with Gasteiger partial charge in [0.05, 0.1) is 9.26 Å². The van der Waals surface area contributed by atoms with Gasteiger partial charge in [-0.05, 0) is 35.9 Å². The van der Waals surface area contributed by atoms with Gasteiger partial charge in [-0.1, -0.05) is 24.9 Å². The van der Waals surface area contributed by atoms with Crippen molar-refractivity contribution in [3.05, 3.63) is 20.2 Å². The second-order valence-corrected chi connectivity index (χ2v) is 4.52. The molecule has 0 aliphatic rings. The third kappa shape index (κ3) is 3.85. The lowest BCUT2D eigenvalue weighted by atomic mass is 10.2. The zero-order valence-corrected chi connectivity index (χ0v) is 11.8. The van der Waals surface area contributed by atoms with Gasteiger partial charge >= 0.3 is 0 Å². The molecular weight excluding hydrogens is 326 g/mol. The van der Waals surface area contributed by atoms with E-state index in [0.717, 1.165) is 22.1 Å². The summed E-state index contributed by atoms with van der Waals surface area (Å²) in [6, 6.07) is 0. The number of halogens is 2. The lowest BCUT2D eigenvalue weighted by molar-refractivity contribution is 0.128. The van der Waals surface area contributed by atoms with Crippen molar-refractivity contribution in [1.29, 1.82) is 0 Å². The van der Waals surface area contributed by atoms with Crippen molar-refractivity contribution >= 4 is 34.2 Å². The molecule has 1 rings (SSSR count). The van der Waals surface area contributed by atoms with Gasteiger partial charge in [-0.2, -0.15) is 0 Å². The van der Waals surface area contributed by atoms with E-state index >= 15 is 0 Å². The van der Waals surface area contributed by atoms with Crippen molar-refractivity contribution in [3.63, 3.8) is 0 Å². The molecule has 84 valence electrons. The molecule has 0 bridgehead atoms. The van der Waals surface area contributed by atoms with Gasteiger partial charge in [-0.15, -0.1) is 0 Å². The summed E-state index contributed by atoms with van der Waals surface area (Å²) in [4.78, 5) is 8.61. The van der Waals surface area contributed by atoms with E-state index in [1.165, 1.54) is 0 Å². The number of nitrogens with zero attached hydrogens (tertiary/aromatic N) is 2. The fourth-order valence-electron chi connectivity index (χ4n) is 1.17. The first kappa shape index (κ1) is 13.1. The molecule has 0 saturated carbocycles. The van der Waals surface area contributed by atoms with Gasteiger partial charge < -0.3 is 4.74 Å². The third-order valence-corrected chi connectivity index (χ3v) is 3.57. The van der Waals surface area contributed by atoms with E-state index in [0.29, 0.717) is 24.2 Å². The summed E-state index contributed by atoms with van der Waals surface area (Å²) in [5, 5.41) is 0.531. The Morgan fingerprint density at radius 1 is 1.33 bits per heavy atom. The maximum Gasteiger partial charge on any atom is 0.156 e. The highest BCUT2D eigenvalue weighted by Gasteiger charge is 2.09. The monoisotopic (exact) mass is 340 g/mol. The molecular formula is C10H14ClIN2O. The summed E-state index contributed by atoms with van der Waals surface area (Å²) in [5.74, 6) is 0.672. The number of rotatable bonds is 5. The summed E-state index contributed by atoms with van der Waals surface area (Å²) in [7, 11) is 0. The van der Waals surface area contributed by atoms with Crippen LogP contribution in [0.5, 0.6) is 0 Å². The van der Waals surface area contributed by atoms with Crippen LogP contribution in [-0.4, -0.2) is 16.6 Å². The van der Waals surface area contributed by atoms with Crippen LogP contribution < -0.4 is 0 Å². The zero-order chi connectivity index (χ0) is 11.3. The molecule has 0 atom stereocenters. The molecule has 0 spiro atoms. The Kier molecular flexibility index (Phi) is 5.78. The lowest BCUT2D eigenvalue weighted by Crippen LogP contribution is -2.05. The summed E-state index contributed by atoms with van der Waals surface area (Å²) >= 11 is 8.20. The first-order valence-corrected chi connectivity index (χ1v) is 6.43. The molecule has 3 nitrogen and oxygen atoms in total. The van der Waals surface area contributed by atoms with Crippen molar-refractivity contribution in [2.24, 2.45) is 0 Å². The summed E-state index contributed by atoms with van der Waals surface area (Å²) in [6.07, 6.45) is 1.98. The van der Waals surface area contributed by atoms with Crippen LogP contribution in [0.25, 0.3) is 0 Å². The fourth-order valence-corrected chi connectivity index (χ4v) is 1.89. The molecule has 0 saturated heterocycles. The van der Waals surface area contributed by atoms with E-state index in [9.17, 15) is 0 Å². The van der Waals surface area contributed by atoms with Crippen molar-refractivity contribution in [1.82, 2.24) is 9.97 Å². The SMILES string of the molecule is CCCc1nc(COCC)nc(Cl)c1I. The third-order valence-electron chi connectivity index (χ3n) is 1.85. The van der Waals surface area contributed by atoms with E-state index in [4.69, 9.17) is 16.3 Å². The van der Waals surface area contributed by atoms with Crippen LogP contribution in [0.1, 0.15) is 31.8 Å². The molecule has 1 aromatic heterocycles. The summed E-state index contributed by atoms with van der Waals surface area (Å²) in [5.41, 5.74) is 1.02. The Morgan fingerprint density at radius 3 is 2.67 bits per heavy atom. The number of aromatic nitrogens is 2. The van der Waals surface area contributed by atoms with Gasteiger partial charge in [0.25, 0.3) is 0 Å². The summed E-state index contributed by atoms with van der Waals surface area (Å²) in [6.45, 7) is 5.16. The van der Waals surface area contributed by atoms with Crippen molar-refractivity contribution in [3.8, 4) is 0 Å². The van der Waals surface area contributed by atoms with Crippen LogP contribution in [-0.2, 0) is 17.8 Å². The van der Waals surface area contributed by atoms with Gasteiger partial charge in [0.1, 0.15) is 11.8 Å². The van der Waals surface area contributed by atoms with Gasteiger partial charge in [0.15, 0.2) is 5.82 Å². The highest BCUT2D eigenvalue weighted by molar-refractivity contribution is 14.1. The average molecular weight is 341 g/mol. The molecule has 15 heavy (non-hydrogen) atoms. The molecule has 0 aromatic carbocycles. The molecule has 0 aliphatic heterocycles. The second kappa shape index (κ2) is 6.60. The normalized spacial score (nSPS) is 10.7. The van der Waals surface area contributed by atoms with Crippen molar-refractivity contribution in [2.75, 3.05) is 6.61 Å². The molecule has 0 N–H and O–H groups in total. The largest absolute Gasteiger partial charge is 0.374 e. The van der Waals surface area contributed by atoms with E-state index in [1.54, 1.807) is 0 Å². The Balaban J connectivity index is 2.90. The summed E-state index contributed by atoms with van der Waals surface area (Å²) < 4.78 is 6.22. The Morgan fingerprint density at radius 2 is 2.07 bits per heavy atom. The number of aryl methyl sites for hydroxylation is 1. The number of hydrogen-bond acceptors (Lipinski definition) is 3. The zero-order valence-electron chi connectivity index (χ0n) is 8.89. The smallest absolute Gasteiger partial charge is 0.156 e. The standard InChI is InChI=1S/C10H14ClIN2O/c1-3-5-7-9(12)10(11)14-8(13-7)6-15-4-2/h3-6H2,1-2H3. The minimum absolute atomic E-state index is 0.434. The molecule has 5 heteroatoms. The van der Waals surface area contributed by atoms with Crippen molar-refractivity contribution in [2.45, 2.75) is 33.3 Å². The van der Waals surface area contributed by atoms with Crippen LogP contribution in [0, 0.1) is 3.57 Å². The highest BCUT2D eigenvalue weighted by Crippen LogP contribution is 2.20. The number of ether oxygens (including phenoxy) is 1. The minimum Gasteiger partial charge on any atom is -0.374 e. The van der Waals surface area contributed by atoms with Gasteiger partial charge in [0, 0.05) is 6.61 Å². The fraction of sp³-hybridized carbons (Fsp3) is 0.600. The van der Waals surface area contributed by atoms with Crippen LogP contribution in [0.4, 0.5) is 0 Å². The quantitative estimate of drug-likeness (QED) is 0.610. The lowest BCUT2D eigenvalue weighted by Gasteiger charge is -2.07. The van der Waals surface area contributed by atoms with Crippen LogP contribution in [0.2, 0.25) is 5.15 Å². The first-order valence-electron chi connectivity index (χ1n) is 4.97. The maximum absolute atomic E-state index is 6.02. The van der Waals surface area contributed by atoms with E-state index in [1.807, 2.05) is 6.92 Å². The number of hydrogen-bond donors (Lipinski definition) is 0. The van der Waals surface area contributed by atoms with E-state index in [2.05, 4.69) is 39.5 Å². The molecule has 0 unspecified atom stereocenters. The predicted octanol–water partition coefficient (Wildman–Crippen LogP) is 3.22. The van der Waals surface area contributed by atoms with Crippen molar-refractivity contribution < 1.29 is 4.74 Å². The van der Waals surface area contributed by atoms with Crippen LogP contribution >= 0.6 is 34.2 Å². The highest BCUT2D eigenvalue weighted by atomic mass is 127. The average Bonchev–Trinajstić information content (AvgIpc) is 2.22. The maximum atomic E-state index is 6.02. The van der Waals surface area contributed by atoms with Crippen LogP contribution in [0.15, 0.2) is 0 Å². The van der Waals surface area contributed by atoms with E-state index in [-0.39, 0.29) is 0 Å². The second-order valence-electron chi connectivity index (χ2n) is 3.08. The Labute approximate surface area is 109 Å². The molecule has 1 aromatic rings. The minimum atomic E-state index is 0.434. The van der Waals surface area contributed by atoms with E-state index < -0.39 is 0 Å².